The normalized spacial score (nSPS) is 23.4. The zero-order valence-electron chi connectivity index (χ0n) is 12.5. The first-order valence-electron chi connectivity index (χ1n) is 7.33. The topological polar surface area (TPSA) is 54.1 Å². The molecule has 0 saturated heterocycles. The molecular weight excluding hydrogens is 286 g/mol. The zero-order valence-corrected chi connectivity index (χ0v) is 12.5. The molecule has 1 heterocycles. The number of nitrogens with zero attached hydrogens (tertiary/aromatic N) is 4. The molecule has 1 saturated carbocycles. The fourth-order valence-corrected chi connectivity index (χ4v) is 3.84. The van der Waals surface area contributed by atoms with E-state index in [1.54, 1.807) is 36.0 Å². The summed E-state index contributed by atoms with van der Waals surface area (Å²) in [7, 11) is 3.48. The highest BCUT2D eigenvalue weighted by atomic mass is 19.1. The predicted molar refractivity (Wildman–Crippen MR) is 78.6 cm³/mol. The van der Waals surface area contributed by atoms with E-state index in [0.29, 0.717) is 0 Å². The van der Waals surface area contributed by atoms with Gasteiger partial charge in [0, 0.05) is 26.2 Å². The Morgan fingerprint density at radius 1 is 0.864 bits per heavy atom. The van der Waals surface area contributed by atoms with Crippen molar-refractivity contribution >= 4 is 11.4 Å². The summed E-state index contributed by atoms with van der Waals surface area (Å²) in [5.74, 6) is -1.59. The summed E-state index contributed by atoms with van der Waals surface area (Å²) in [5.41, 5.74) is -0.820. The highest BCUT2D eigenvalue weighted by molar-refractivity contribution is 5.80. The minimum Gasteiger partial charge on any atom is -0.365 e. The van der Waals surface area contributed by atoms with Crippen molar-refractivity contribution in [2.45, 2.75) is 37.8 Å². The van der Waals surface area contributed by atoms with E-state index in [-0.39, 0.29) is 23.5 Å². The van der Waals surface area contributed by atoms with Crippen LogP contribution in [-0.4, -0.2) is 26.2 Å². The molecule has 2 atom stereocenters. The molecule has 1 aromatic carbocycles. The number of nitriles is 2. The van der Waals surface area contributed by atoms with Crippen LogP contribution >= 0.6 is 0 Å². The number of likely N-dealkylation sites (N-methyl/N-ethyl adjacent to an activating group) is 2. The molecule has 3 rings (SSSR count). The van der Waals surface area contributed by atoms with Gasteiger partial charge in [0.25, 0.3) is 0 Å². The number of hydrogen-bond acceptors (Lipinski definition) is 4. The summed E-state index contributed by atoms with van der Waals surface area (Å²) in [4.78, 5) is 3.50. The maximum atomic E-state index is 14.8. The molecule has 1 aromatic rings. The summed E-state index contributed by atoms with van der Waals surface area (Å²) >= 11 is 0. The van der Waals surface area contributed by atoms with Gasteiger partial charge in [-0.25, -0.2) is 8.78 Å². The minimum atomic E-state index is -0.797. The van der Waals surface area contributed by atoms with Crippen LogP contribution in [0.15, 0.2) is 0 Å². The lowest BCUT2D eigenvalue weighted by atomic mass is 9.85. The summed E-state index contributed by atoms with van der Waals surface area (Å²) < 4.78 is 29.5. The molecule has 4 nitrogen and oxygen atoms in total. The second kappa shape index (κ2) is 5.14. The third kappa shape index (κ3) is 1.77. The molecule has 0 spiro atoms. The molecule has 22 heavy (non-hydrogen) atoms. The lowest BCUT2D eigenvalue weighted by molar-refractivity contribution is 0.348. The van der Waals surface area contributed by atoms with Gasteiger partial charge >= 0.3 is 0 Å². The fourth-order valence-electron chi connectivity index (χ4n) is 3.84. The first-order chi connectivity index (χ1) is 10.5. The van der Waals surface area contributed by atoms with Crippen molar-refractivity contribution in [3.8, 4) is 12.1 Å². The quantitative estimate of drug-likeness (QED) is 0.739. The van der Waals surface area contributed by atoms with Gasteiger partial charge < -0.3 is 9.80 Å². The molecule has 0 radical (unpaired) electrons. The second-order valence-electron chi connectivity index (χ2n) is 5.94. The zero-order chi connectivity index (χ0) is 16.0. The van der Waals surface area contributed by atoms with Gasteiger partial charge in [-0.15, -0.1) is 0 Å². The van der Waals surface area contributed by atoms with E-state index >= 15 is 0 Å². The van der Waals surface area contributed by atoms with Crippen molar-refractivity contribution in [2.75, 3.05) is 23.9 Å². The van der Waals surface area contributed by atoms with Crippen LogP contribution in [0.1, 0.15) is 36.8 Å². The summed E-state index contributed by atoms with van der Waals surface area (Å²) in [6, 6.07) is 3.45. The Kier molecular flexibility index (Phi) is 3.41. The Bertz CT molecular complexity index is 656. The number of anilines is 2. The van der Waals surface area contributed by atoms with E-state index in [4.69, 9.17) is 10.5 Å². The van der Waals surface area contributed by atoms with Crippen LogP contribution in [0.2, 0.25) is 0 Å². The van der Waals surface area contributed by atoms with Gasteiger partial charge in [0.05, 0.1) is 0 Å². The highest BCUT2D eigenvalue weighted by Crippen LogP contribution is 2.46. The van der Waals surface area contributed by atoms with E-state index in [0.717, 1.165) is 25.7 Å². The van der Waals surface area contributed by atoms with E-state index < -0.39 is 22.8 Å². The van der Waals surface area contributed by atoms with E-state index in [9.17, 15) is 8.78 Å². The van der Waals surface area contributed by atoms with Crippen molar-refractivity contribution in [3.05, 3.63) is 22.8 Å². The Morgan fingerprint density at radius 2 is 1.23 bits per heavy atom. The Morgan fingerprint density at radius 3 is 1.55 bits per heavy atom. The van der Waals surface area contributed by atoms with E-state index in [1.165, 1.54) is 0 Å². The average molecular weight is 302 g/mol. The fraction of sp³-hybridized carbons (Fsp3) is 0.500. The molecule has 2 unspecified atom stereocenters. The molecule has 0 amide bonds. The standard InChI is InChI=1S/C16H16F2N4/c1-21-11-5-3-4-6-12(11)22(2)16-14(18)10(8-20)9(7-19)13(17)15(16)21/h11-12H,3-6H2,1-2H3. The van der Waals surface area contributed by atoms with Gasteiger partial charge in [0.15, 0.2) is 11.6 Å². The maximum absolute atomic E-state index is 14.8. The number of fused-ring (bicyclic) bond motifs is 2. The lowest BCUT2D eigenvalue weighted by Crippen LogP contribution is -2.56. The first kappa shape index (κ1) is 14.6. The Labute approximate surface area is 128 Å². The van der Waals surface area contributed by atoms with Crippen molar-refractivity contribution < 1.29 is 8.78 Å². The van der Waals surface area contributed by atoms with Gasteiger partial charge in [0.2, 0.25) is 0 Å². The number of rotatable bonds is 0. The first-order valence-corrected chi connectivity index (χ1v) is 7.33. The van der Waals surface area contributed by atoms with Crippen molar-refractivity contribution in [3.63, 3.8) is 0 Å². The van der Waals surface area contributed by atoms with Gasteiger partial charge in [-0.05, 0) is 12.8 Å². The summed E-state index contributed by atoms with van der Waals surface area (Å²) in [6.07, 6.45) is 3.93. The van der Waals surface area contributed by atoms with Crippen LogP contribution in [0.3, 0.4) is 0 Å². The van der Waals surface area contributed by atoms with Crippen LogP contribution in [0.5, 0.6) is 0 Å². The largest absolute Gasteiger partial charge is 0.365 e. The van der Waals surface area contributed by atoms with Gasteiger partial charge in [0.1, 0.15) is 34.6 Å². The second-order valence-corrected chi connectivity index (χ2v) is 5.94. The third-order valence-electron chi connectivity index (χ3n) is 4.95. The predicted octanol–water partition coefficient (Wildman–Crippen LogP) is 2.91. The monoisotopic (exact) mass is 302 g/mol. The smallest absolute Gasteiger partial charge is 0.167 e. The molecule has 0 aromatic heterocycles. The highest BCUT2D eigenvalue weighted by Gasteiger charge is 2.42. The maximum Gasteiger partial charge on any atom is 0.167 e. The van der Waals surface area contributed by atoms with Crippen LogP contribution < -0.4 is 9.80 Å². The molecule has 0 N–H and O–H groups in total. The van der Waals surface area contributed by atoms with Crippen LogP contribution in [-0.2, 0) is 0 Å². The van der Waals surface area contributed by atoms with Crippen LogP contribution in [0.25, 0.3) is 0 Å². The molecule has 114 valence electrons. The summed E-state index contributed by atoms with van der Waals surface area (Å²) in [6.45, 7) is 0. The molecule has 6 heteroatoms. The average Bonchev–Trinajstić information content (AvgIpc) is 2.53. The molecule has 2 aliphatic rings. The molecule has 1 aliphatic heterocycles. The summed E-state index contributed by atoms with van der Waals surface area (Å²) in [5, 5.41) is 18.2. The van der Waals surface area contributed by atoms with Crippen LogP contribution in [0.4, 0.5) is 20.2 Å². The number of benzene rings is 1. The Balaban J connectivity index is 2.31. The minimum absolute atomic E-state index is 0.0960. The van der Waals surface area contributed by atoms with E-state index in [1.807, 2.05) is 0 Å². The van der Waals surface area contributed by atoms with Crippen molar-refractivity contribution in [1.29, 1.82) is 10.5 Å². The van der Waals surface area contributed by atoms with Gasteiger partial charge in [-0.1, -0.05) is 12.8 Å². The van der Waals surface area contributed by atoms with Gasteiger partial charge in [-0.3, -0.25) is 0 Å². The lowest BCUT2D eigenvalue weighted by Gasteiger charge is -2.50. The Hall–Kier alpha value is -2.34. The van der Waals surface area contributed by atoms with Crippen molar-refractivity contribution in [1.82, 2.24) is 0 Å². The molecule has 1 aliphatic carbocycles. The van der Waals surface area contributed by atoms with Crippen LogP contribution in [0, 0.1) is 34.3 Å². The van der Waals surface area contributed by atoms with Gasteiger partial charge in [-0.2, -0.15) is 10.5 Å². The molecule has 0 bridgehead atoms. The number of hydrogen-bond donors (Lipinski definition) is 0. The number of halogens is 2. The van der Waals surface area contributed by atoms with E-state index in [2.05, 4.69) is 0 Å². The molecular formula is C16H16F2N4. The van der Waals surface area contributed by atoms with Crippen molar-refractivity contribution in [2.24, 2.45) is 0 Å². The molecule has 1 fully saturated rings. The third-order valence-corrected chi connectivity index (χ3v) is 4.95. The SMILES string of the molecule is CN1c2c(F)c(C#N)c(C#N)c(F)c2N(C)C2CCCCC21.